The zero-order valence-corrected chi connectivity index (χ0v) is 17.2. The van der Waals surface area contributed by atoms with Crippen molar-refractivity contribution in [1.82, 2.24) is 30.0 Å². The molecular weight excluding hydrogens is 368 g/mol. The van der Waals surface area contributed by atoms with Crippen LogP contribution in [0.25, 0.3) is 5.69 Å². The molecule has 1 aliphatic heterocycles. The predicted octanol–water partition coefficient (Wildman–Crippen LogP) is 2.29. The Bertz CT molecular complexity index is 792. The van der Waals surface area contributed by atoms with E-state index in [4.69, 9.17) is 4.74 Å². The van der Waals surface area contributed by atoms with Gasteiger partial charge in [-0.2, -0.15) is 4.68 Å². The zero-order chi connectivity index (χ0) is 20.1. The summed E-state index contributed by atoms with van der Waals surface area (Å²) in [4.78, 5) is 16.9. The number of amides is 1. The topological polar surface area (TPSA) is 76.4 Å². The van der Waals surface area contributed by atoms with Crippen LogP contribution in [0.1, 0.15) is 44.9 Å². The van der Waals surface area contributed by atoms with Gasteiger partial charge in [-0.15, -0.1) is 5.10 Å². The van der Waals surface area contributed by atoms with E-state index in [1.54, 1.807) is 4.68 Å². The van der Waals surface area contributed by atoms with Crippen LogP contribution in [0.3, 0.4) is 0 Å². The van der Waals surface area contributed by atoms with E-state index in [2.05, 4.69) is 20.4 Å². The lowest BCUT2D eigenvalue weighted by Crippen LogP contribution is -2.48. The van der Waals surface area contributed by atoms with Crippen LogP contribution >= 0.6 is 0 Å². The number of aromatic nitrogens is 4. The summed E-state index contributed by atoms with van der Waals surface area (Å²) in [7, 11) is 0. The smallest absolute Gasteiger partial charge is 0.222 e. The maximum absolute atomic E-state index is 12.6. The Morgan fingerprint density at radius 3 is 2.52 bits per heavy atom. The molecule has 2 fully saturated rings. The summed E-state index contributed by atoms with van der Waals surface area (Å²) < 4.78 is 7.27. The Balaban J connectivity index is 1.31. The van der Waals surface area contributed by atoms with Crippen molar-refractivity contribution in [3.05, 3.63) is 30.1 Å². The van der Waals surface area contributed by atoms with E-state index >= 15 is 0 Å². The highest BCUT2D eigenvalue weighted by atomic mass is 16.5. The molecule has 0 atom stereocenters. The van der Waals surface area contributed by atoms with Crippen LogP contribution in [0.5, 0.6) is 5.75 Å². The van der Waals surface area contributed by atoms with Gasteiger partial charge in [0.05, 0.1) is 18.8 Å². The van der Waals surface area contributed by atoms with E-state index in [9.17, 15) is 4.79 Å². The van der Waals surface area contributed by atoms with E-state index in [0.29, 0.717) is 25.0 Å². The van der Waals surface area contributed by atoms with Crippen LogP contribution in [0.2, 0.25) is 0 Å². The summed E-state index contributed by atoms with van der Waals surface area (Å²) in [6.07, 6.45) is 5.75. The average molecular weight is 399 g/mol. The van der Waals surface area contributed by atoms with Gasteiger partial charge in [0.1, 0.15) is 5.75 Å². The SMILES string of the molecule is CCOc1ccc(-n2nnnc2CN2CCN(C(=O)CC3CCCC3)CC2)cc1. The van der Waals surface area contributed by atoms with Gasteiger partial charge in [-0.1, -0.05) is 12.8 Å². The van der Waals surface area contributed by atoms with Gasteiger partial charge in [0, 0.05) is 32.6 Å². The summed E-state index contributed by atoms with van der Waals surface area (Å²) in [5.41, 5.74) is 0.916. The summed E-state index contributed by atoms with van der Waals surface area (Å²) in [6.45, 7) is 6.57. The lowest BCUT2D eigenvalue weighted by atomic mass is 10.0. The number of hydrogen-bond acceptors (Lipinski definition) is 6. The minimum atomic E-state index is 0.329. The van der Waals surface area contributed by atoms with Gasteiger partial charge in [0.2, 0.25) is 5.91 Å². The normalized spacial score (nSPS) is 18.3. The third-order valence-electron chi connectivity index (χ3n) is 5.95. The van der Waals surface area contributed by atoms with E-state index in [0.717, 1.165) is 49.9 Å². The molecule has 0 N–H and O–H groups in total. The van der Waals surface area contributed by atoms with Crippen LogP contribution in [0.4, 0.5) is 0 Å². The van der Waals surface area contributed by atoms with Gasteiger partial charge < -0.3 is 9.64 Å². The second-order valence-corrected chi connectivity index (χ2v) is 7.95. The van der Waals surface area contributed by atoms with Crippen molar-refractivity contribution in [1.29, 1.82) is 0 Å². The summed E-state index contributed by atoms with van der Waals surface area (Å²) in [6, 6.07) is 7.78. The molecule has 1 aromatic heterocycles. The molecule has 0 spiro atoms. The van der Waals surface area contributed by atoms with Gasteiger partial charge in [-0.05, 0) is 60.4 Å². The molecule has 156 valence electrons. The number of carbonyl (C=O) groups excluding carboxylic acids is 1. The van der Waals surface area contributed by atoms with Crippen molar-refractivity contribution in [3.8, 4) is 11.4 Å². The largest absolute Gasteiger partial charge is 0.494 e. The van der Waals surface area contributed by atoms with Crippen LogP contribution in [0, 0.1) is 5.92 Å². The molecule has 1 aromatic carbocycles. The zero-order valence-electron chi connectivity index (χ0n) is 17.2. The maximum atomic E-state index is 12.6. The minimum Gasteiger partial charge on any atom is -0.494 e. The summed E-state index contributed by atoms with van der Waals surface area (Å²) in [5.74, 6) is 2.58. The van der Waals surface area contributed by atoms with Crippen LogP contribution in [0.15, 0.2) is 24.3 Å². The highest BCUT2D eigenvalue weighted by molar-refractivity contribution is 5.76. The fraction of sp³-hybridized carbons (Fsp3) is 0.619. The number of benzene rings is 1. The van der Waals surface area contributed by atoms with Gasteiger partial charge in [-0.25, -0.2) is 0 Å². The molecule has 4 rings (SSSR count). The molecule has 8 heteroatoms. The van der Waals surface area contributed by atoms with Gasteiger partial charge >= 0.3 is 0 Å². The molecule has 2 aliphatic rings. The second-order valence-electron chi connectivity index (χ2n) is 7.95. The fourth-order valence-electron chi connectivity index (χ4n) is 4.30. The van der Waals surface area contributed by atoms with Gasteiger partial charge in [-0.3, -0.25) is 9.69 Å². The second kappa shape index (κ2) is 9.35. The third-order valence-corrected chi connectivity index (χ3v) is 5.95. The van der Waals surface area contributed by atoms with Crippen LogP contribution in [-0.4, -0.2) is 68.7 Å². The first-order valence-electron chi connectivity index (χ1n) is 10.7. The van der Waals surface area contributed by atoms with E-state index in [1.165, 1.54) is 25.7 Å². The van der Waals surface area contributed by atoms with E-state index in [-0.39, 0.29) is 0 Å². The van der Waals surface area contributed by atoms with Crippen molar-refractivity contribution >= 4 is 5.91 Å². The number of nitrogens with zero attached hydrogens (tertiary/aromatic N) is 6. The number of piperazine rings is 1. The molecule has 2 heterocycles. The lowest BCUT2D eigenvalue weighted by Gasteiger charge is -2.34. The van der Waals surface area contributed by atoms with Crippen molar-refractivity contribution in [2.24, 2.45) is 5.92 Å². The third kappa shape index (κ3) is 4.93. The van der Waals surface area contributed by atoms with Crippen molar-refractivity contribution in [3.63, 3.8) is 0 Å². The molecule has 1 saturated carbocycles. The first-order chi connectivity index (χ1) is 14.2. The highest BCUT2D eigenvalue weighted by Gasteiger charge is 2.26. The molecule has 0 unspecified atom stereocenters. The molecular formula is C21H30N6O2. The Labute approximate surface area is 171 Å². The average Bonchev–Trinajstić information content (AvgIpc) is 3.42. The molecule has 2 aromatic rings. The Hall–Kier alpha value is -2.48. The highest BCUT2D eigenvalue weighted by Crippen LogP contribution is 2.28. The first-order valence-corrected chi connectivity index (χ1v) is 10.7. The summed E-state index contributed by atoms with van der Waals surface area (Å²) in [5, 5.41) is 12.2. The van der Waals surface area contributed by atoms with E-state index in [1.807, 2.05) is 36.1 Å². The quantitative estimate of drug-likeness (QED) is 0.712. The first kappa shape index (κ1) is 19.8. The number of tetrazole rings is 1. The number of carbonyl (C=O) groups is 1. The van der Waals surface area contributed by atoms with Crippen LogP contribution < -0.4 is 4.74 Å². The molecule has 1 aliphatic carbocycles. The fourth-order valence-corrected chi connectivity index (χ4v) is 4.30. The Morgan fingerprint density at radius 1 is 1.10 bits per heavy atom. The lowest BCUT2D eigenvalue weighted by molar-refractivity contribution is -0.134. The molecule has 1 amide bonds. The van der Waals surface area contributed by atoms with Crippen molar-refractivity contribution < 1.29 is 9.53 Å². The molecule has 29 heavy (non-hydrogen) atoms. The molecule has 1 saturated heterocycles. The maximum Gasteiger partial charge on any atom is 0.222 e. The number of hydrogen-bond donors (Lipinski definition) is 0. The summed E-state index contributed by atoms with van der Waals surface area (Å²) >= 11 is 0. The number of ether oxygens (including phenoxy) is 1. The molecule has 0 radical (unpaired) electrons. The van der Waals surface area contributed by atoms with Crippen molar-refractivity contribution in [2.45, 2.75) is 45.6 Å². The van der Waals surface area contributed by atoms with E-state index < -0.39 is 0 Å². The molecule has 8 nitrogen and oxygen atoms in total. The predicted molar refractivity (Wildman–Crippen MR) is 109 cm³/mol. The Morgan fingerprint density at radius 2 is 1.83 bits per heavy atom. The number of rotatable bonds is 7. The van der Waals surface area contributed by atoms with Gasteiger partial charge in [0.15, 0.2) is 5.82 Å². The monoisotopic (exact) mass is 398 g/mol. The Kier molecular flexibility index (Phi) is 6.39. The van der Waals surface area contributed by atoms with Crippen molar-refractivity contribution in [2.75, 3.05) is 32.8 Å². The van der Waals surface area contributed by atoms with Gasteiger partial charge in [0.25, 0.3) is 0 Å². The minimum absolute atomic E-state index is 0.329. The standard InChI is InChI=1S/C21H30N6O2/c1-2-29-19-9-7-18(8-10-19)27-20(22-23-24-27)16-25-11-13-26(14-12-25)21(28)15-17-5-3-4-6-17/h7-10,17H,2-6,11-16H2,1H3. The van der Waals surface area contributed by atoms with Crippen LogP contribution in [-0.2, 0) is 11.3 Å². The molecule has 0 bridgehead atoms.